The smallest absolute Gasteiger partial charge is 0.338 e. The lowest BCUT2D eigenvalue weighted by atomic mass is 9.93. The fourth-order valence-electron chi connectivity index (χ4n) is 4.70. The number of carbonyl (C=O) groups is 1. The number of nitrogens with zero attached hydrogens (tertiary/aromatic N) is 5. The fourth-order valence-corrected chi connectivity index (χ4v) is 4.70. The van der Waals surface area contributed by atoms with Crippen LogP contribution in [0.15, 0.2) is 30.6 Å². The summed E-state index contributed by atoms with van der Waals surface area (Å²) in [5, 5.41) is 17.4. The van der Waals surface area contributed by atoms with Gasteiger partial charge in [0.2, 0.25) is 0 Å². The molecular formula is C25H26N6O2. The minimum atomic E-state index is -0.225. The van der Waals surface area contributed by atoms with E-state index in [1.54, 1.807) is 10.9 Å². The standard InChI is InChI=1S/C25H26N6O2/c1-15-8-24(28-10-18(15)9-26)31-12-19(17(3)29-31)11-30-7-6-27-23(13-30)20-4-5-21-22(16(20)2)14-33-25(21)32/h4-5,8,10,12,23,27H,6-7,11,13-14H2,1-3H3. The molecule has 8 nitrogen and oxygen atoms in total. The second-order valence-corrected chi connectivity index (χ2v) is 8.78. The Kier molecular flexibility index (Phi) is 5.44. The van der Waals surface area contributed by atoms with Crippen LogP contribution in [0.2, 0.25) is 0 Å². The van der Waals surface area contributed by atoms with Crippen molar-refractivity contribution in [2.24, 2.45) is 0 Å². The van der Waals surface area contributed by atoms with Gasteiger partial charge in [-0.3, -0.25) is 4.90 Å². The molecule has 4 heterocycles. The molecule has 2 aliphatic rings. The molecule has 8 heteroatoms. The Morgan fingerprint density at radius 2 is 2.15 bits per heavy atom. The van der Waals surface area contributed by atoms with Gasteiger partial charge in [0.15, 0.2) is 5.82 Å². The van der Waals surface area contributed by atoms with Crippen molar-refractivity contribution in [1.82, 2.24) is 25.0 Å². The van der Waals surface area contributed by atoms with E-state index in [9.17, 15) is 4.79 Å². The number of nitriles is 1. The Labute approximate surface area is 192 Å². The van der Waals surface area contributed by atoms with Crippen molar-refractivity contribution in [3.05, 3.63) is 75.2 Å². The normalized spacial score (nSPS) is 18.1. The molecule has 33 heavy (non-hydrogen) atoms. The number of cyclic esters (lactones) is 1. The first-order valence-electron chi connectivity index (χ1n) is 11.1. The van der Waals surface area contributed by atoms with Crippen LogP contribution in [0.5, 0.6) is 0 Å². The second kappa shape index (κ2) is 8.43. The lowest BCUT2D eigenvalue weighted by molar-refractivity contribution is 0.0535. The summed E-state index contributed by atoms with van der Waals surface area (Å²) >= 11 is 0. The molecule has 0 aliphatic carbocycles. The van der Waals surface area contributed by atoms with Crippen LogP contribution in [0.25, 0.3) is 5.82 Å². The predicted molar refractivity (Wildman–Crippen MR) is 122 cm³/mol. The third-order valence-electron chi connectivity index (χ3n) is 6.69. The Balaban J connectivity index is 1.33. The molecule has 1 N–H and O–H groups in total. The fraction of sp³-hybridized carbons (Fsp3) is 0.360. The maximum Gasteiger partial charge on any atom is 0.338 e. The average molecular weight is 443 g/mol. The van der Waals surface area contributed by atoms with E-state index in [1.807, 2.05) is 32.2 Å². The molecule has 168 valence electrons. The molecule has 1 aromatic carbocycles. The van der Waals surface area contributed by atoms with E-state index in [2.05, 4.69) is 39.4 Å². The zero-order valence-electron chi connectivity index (χ0n) is 19.1. The quantitative estimate of drug-likeness (QED) is 0.621. The van der Waals surface area contributed by atoms with Crippen molar-refractivity contribution >= 4 is 5.97 Å². The Morgan fingerprint density at radius 1 is 1.30 bits per heavy atom. The number of aromatic nitrogens is 3. The first kappa shape index (κ1) is 21.3. The van der Waals surface area contributed by atoms with E-state index in [1.165, 1.54) is 5.56 Å². The maximum atomic E-state index is 11.9. The van der Waals surface area contributed by atoms with E-state index < -0.39 is 0 Å². The van der Waals surface area contributed by atoms with Crippen molar-refractivity contribution in [1.29, 1.82) is 5.26 Å². The van der Waals surface area contributed by atoms with Gasteiger partial charge in [-0.25, -0.2) is 14.5 Å². The molecule has 1 fully saturated rings. The molecule has 0 spiro atoms. The number of fused-ring (bicyclic) bond motifs is 1. The summed E-state index contributed by atoms with van der Waals surface area (Å²) < 4.78 is 7.01. The number of benzene rings is 1. The van der Waals surface area contributed by atoms with Crippen LogP contribution < -0.4 is 5.32 Å². The van der Waals surface area contributed by atoms with Crippen molar-refractivity contribution in [2.75, 3.05) is 19.6 Å². The number of hydrogen-bond acceptors (Lipinski definition) is 7. The van der Waals surface area contributed by atoms with E-state index in [4.69, 9.17) is 10.00 Å². The van der Waals surface area contributed by atoms with Gasteiger partial charge in [-0.1, -0.05) is 6.07 Å². The van der Waals surface area contributed by atoms with Crippen LogP contribution >= 0.6 is 0 Å². The molecule has 0 amide bonds. The number of nitrogens with one attached hydrogen (secondary N) is 1. The summed E-state index contributed by atoms with van der Waals surface area (Å²) in [5.74, 6) is 0.488. The van der Waals surface area contributed by atoms with Crippen molar-refractivity contribution in [3.63, 3.8) is 0 Å². The summed E-state index contributed by atoms with van der Waals surface area (Å²) in [5.41, 5.74) is 7.66. The second-order valence-electron chi connectivity index (χ2n) is 8.78. The molecule has 0 saturated carbocycles. The number of aryl methyl sites for hydroxylation is 2. The first-order chi connectivity index (χ1) is 15.9. The highest BCUT2D eigenvalue weighted by Crippen LogP contribution is 2.30. The summed E-state index contributed by atoms with van der Waals surface area (Å²) in [6.07, 6.45) is 3.63. The minimum Gasteiger partial charge on any atom is -0.457 e. The minimum absolute atomic E-state index is 0.193. The van der Waals surface area contributed by atoms with Crippen LogP contribution in [0.4, 0.5) is 0 Å². The zero-order chi connectivity index (χ0) is 23.1. The molecule has 0 bridgehead atoms. The van der Waals surface area contributed by atoms with E-state index in [-0.39, 0.29) is 12.0 Å². The highest BCUT2D eigenvalue weighted by molar-refractivity contribution is 5.94. The van der Waals surface area contributed by atoms with Crippen molar-refractivity contribution in [2.45, 2.75) is 40.0 Å². The summed E-state index contributed by atoms with van der Waals surface area (Å²) in [6, 6.07) is 8.19. The highest BCUT2D eigenvalue weighted by atomic mass is 16.5. The number of hydrogen-bond donors (Lipinski definition) is 1. The van der Waals surface area contributed by atoms with Crippen LogP contribution in [-0.2, 0) is 17.9 Å². The largest absolute Gasteiger partial charge is 0.457 e. The molecule has 5 rings (SSSR count). The lowest BCUT2D eigenvalue weighted by Crippen LogP contribution is -2.45. The summed E-state index contributed by atoms with van der Waals surface area (Å²) in [7, 11) is 0. The van der Waals surface area contributed by atoms with Gasteiger partial charge in [0, 0.05) is 55.7 Å². The monoisotopic (exact) mass is 442 g/mol. The molecule has 1 atom stereocenters. The Bertz CT molecular complexity index is 1290. The van der Waals surface area contributed by atoms with Crippen molar-refractivity contribution in [3.8, 4) is 11.9 Å². The average Bonchev–Trinajstić information content (AvgIpc) is 3.37. The number of carbonyl (C=O) groups excluding carboxylic acids is 1. The molecule has 0 radical (unpaired) electrons. The number of rotatable bonds is 4. The molecular weight excluding hydrogens is 416 g/mol. The third kappa shape index (κ3) is 3.90. The van der Waals surface area contributed by atoms with Crippen LogP contribution in [0, 0.1) is 32.1 Å². The van der Waals surface area contributed by atoms with Gasteiger partial charge in [0.1, 0.15) is 12.7 Å². The summed E-state index contributed by atoms with van der Waals surface area (Å²) in [6.45, 7) is 9.87. The molecule has 3 aromatic rings. The van der Waals surface area contributed by atoms with Crippen LogP contribution in [-0.4, -0.2) is 45.3 Å². The molecule has 1 saturated heterocycles. The third-order valence-corrected chi connectivity index (χ3v) is 6.69. The zero-order valence-corrected chi connectivity index (χ0v) is 19.1. The van der Waals surface area contributed by atoms with E-state index in [0.717, 1.165) is 54.1 Å². The van der Waals surface area contributed by atoms with Gasteiger partial charge >= 0.3 is 5.97 Å². The first-order valence-corrected chi connectivity index (χ1v) is 11.1. The molecule has 1 unspecified atom stereocenters. The Morgan fingerprint density at radius 3 is 2.94 bits per heavy atom. The van der Waals surface area contributed by atoms with Gasteiger partial charge < -0.3 is 10.1 Å². The molecule has 2 aromatic heterocycles. The van der Waals surface area contributed by atoms with Gasteiger partial charge in [-0.2, -0.15) is 10.4 Å². The lowest BCUT2D eigenvalue weighted by Gasteiger charge is -2.34. The Hall–Kier alpha value is -3.54. The topological polar surface area (TPSA) is 96.1 Å². The summed E-state index contributed by atoms with van der Waals surface area (Å²) in [4.78, 5) is 18.7. The number of esters is 1. The predicted octanol–water partition coefficient (Wildman–Crippen LogP) is 2.88. The van der Waals surface area contributed by atoms with E-state index >= 15 is 0 Å². The number of ether oxygens (including phenoxy) is 1. The number of pyridine rings is 1. The van der Waals surface area contributed by atoms with Crippen LogP contribution in [0.1, 0.15) is 55.5 Å². The molecule has 2 aliphatic heterocycles. The van der Waals surface area contributed by atoms with Gasteiger partial charge in [-0.05, 0) is 49.6 Å². The van der Waals surface area contributed by atoms with Crippen molar-refractivity contribution < 1.29 is 9.53 Å². The highest BCUT2D eigenvalue weighted by Gasteiger charge is 2.28. The van der Waals surface area contributed by atoms with E-state index in [0.29, 0.717) is 23.6 Å². The van der Waals surface area contributed by atoms with Gasteiger partial charge in [0.05, 0.1) is 16.8 Å². The van der Waals surface area contributed by atoms with Gasteiger partial charge in [0.25, 0.3) is 0 Å². The van der Waals surface area contributed by atoms with Gasteiger partial charge in [-0.15, -0.1) is 0 Å². The maximum absolute atomic E-state index is 11.9. The van der Waals surface area contributed by atoms with Crippen LogP contribution in [0.3, 0.4) is 0 Å². The number of piperazine rings is 1. The SMILES string of the molecule is Cc1cc(-n2cc(CN3CCNC(c4ccc5c(c4C)COC5=O)C3)c(C)n2)ncc1C#N.